The van der Waals surface area contributed by atoms with Gasteiger partial charge in [0.1, 0.15) is 0 Å². The maximum atomic E-state index is 11.2. The first kappa shape index (κ1) is 15.7. The molecule has 0 spiro atoms. The molecule has 5 heteroatoms. The van der Waals surface area contributed by atoms with Crippen LogP contribution < -0.4 is 10.6 Å². The van der Waals surface area contributed by atoms with Gasteiger partial charge in [-0.1, -0.05) is 26.2 Å². The number of amides is 2. The second-order valence-electron chi connectivity index (χ2n) is 4.09. The van der Waals surface area contributed by atoms with Crippen LogP contribution in [0.1, 0.15) is 51.9 Å². The Kier molecular flexibility index (Phi) is 10.4. The molecule has 0 aromatic rings. The van der Waals surface area contributed by atoms with Gasteiger partial charge in [0.05, 0.1) is 0 Å². The monoisotopic (exact) mass is 244 g/mol. The number of carbonyl (C=O) groups is 2. The molecule has 5 nitrogen and oxygen atoms in total. The van der Waals surface area contributed by atoms with E-state index < -0.39 is 5.97 Å². The van der Waals surface area contributed by atoms with Crippen molar-refractivity contribution < 1.29 is 14.7 Å². The summed E-state index contributed by atoms with van der Waals surface area (Å²) in [4.78, 5) is 21.5. The van der Waals surface area contributed by atoms with E-state index in [9.17, 15) is 9.59 Å². The van der Waals surface area contributed by atoms with Crippen molar-refractivity contribution in [3.8, 4) is 0 Å². The minimum absolute atomic E-state index is 0.126. The van der Waals surface area contributed by atoms with Crippen molar-refractivity contribution in [2.24, 2.45) is 0 Å². The van der Waals surface area contributed by atoms with Crippen molar-refractivity contribution in [3.05, 3.63) is 0 Å². The second-order valence-corrected chi connectivity index (χ2v) is 4.09. The molecular formula is C12H24N2O3. The van der Waals surface area contributed by atoms with E-state index in [0.29, 0.717) is 13.0 Å². The van der Waals surface area contributed by atoms with Crippen LogP contribution in [-0.2, 0) is 4.79 Å². The summed E-state index contributed by atoms with van der Waals surface area (Å²) in [6.45, 7) is 3.45. The third-order valence-corrected chi connectivity index (χ3v) is 2.42. The standard InChI is InChI=1S/C12H24N2O3/c1-2-3-6-9-13-12(17)14-10-7-4-5-8-11(15)16/h2-10H2,1H3,(H,15,16)(H2,13,14,17). The summed E-state index contributed by atoms with van der Waals surface area (Å²) in [5, 5.41) is 14.0. The maximum absolute atomic E-state index is 11.2. The molecule has 0 atom stereocenters. The van der Waals surface area contributed by atoms with Crippen molar-refractivity contribution in [1.82, 2.24) is 10.6 Å². The van der Waals surface area contributed by atoms with Gasteiger partial charge >= 0.3 is 12.0 Å². The van der Waals surface area contributed by atoms with Gasteiger partial charge in [-0.3, -0.25) is 4.79 Å². The molecule has 0 heterocycles. The number of carboxylic acid groups (broad SMARTS) is 1. The molecule has 0 fully saturated rings. The SMILES string of the molecule is CCCCCNC(=O)NCCCCCC(=O)O. The van der Waals surface area contributed by atoms with Crippen molar-refractivity contribution in [1.29, 1.82) is 0 Å². The highest BCUT2D eigenvalue weighted by atomic mass is 16.4. The summed E-state index contributed by atoms with van der Waals surface area (Å²) in [6.07, 6.45) is 5.85. The second kappa shape index (κ2) is 11.2. The van der Waals surface area contributed by atoms with Crippen molar-refractivity contribution in [2.75, 3.05) is 13.1 Å². The van der Waals surface area contributed by atoms with Gasteiger partial charge in [0, 0.05) is 19.5 Å². The smallest absolute Gasteiger partial charge is 0.314 e. The molecule has 17 heavy (non-hydrogen) atoms. The molecular weight excluding hydrogens is 220 g/mol. The van der Waals surface area contributed by atoms with Crippen LogP contribution in [0.4, 0.5) is 4.79 Å². The van der Waals surface area contributed by atoms with Gasteiger partial charge in [-0.2, -0.15) is 0 Å². The zero-order valence-electron chi connectivity index (χ0n) is 10.6. The van der Waals surface area contributed by atoms with Crippen molar-refractivity contribution in [2.45, 2.75) is 51.9 Å². The van der Waals surface area contributed by atoms with E-state index in [1.807, 2.05) is 0 Å². The maximum Gasteiger partial charge on any atom is 0.314 e. The summed E-state index contributed by atoms with van der Waals surface area (Å²) in [6, 6.07) is -0.126. The fraction of sp³-hybridized carbons (Fsp3) is 0.833. The van der Waals surface area contributed by atoms with Crippen molar-refractivity contribution >= 4 is 12.0 Å². The molecule has 0 aromatic heterocycles. The lowest BCUT2D eigenvalue weighted by atomic mass is 10.2. The van der Waals surface area contributed by atoms with Gasteiger partial charge in [-0.05, 0) is 19.3 Å². The zero-order valence-corrected chi connectivity index (χ0v) is 10.6. The van der Waals surface area contributed by atoms with Gasteiger partial charge in [0.2, 0.25) is 0 Å². The minimum Gasteiger partial charge on any atom is -0.481 e. The molecule has 0 saturated carbocycles. The van der Waals surface area contributed by atoms with Gasteiger partial charge < -0.3 is 15.7 Å². The van der Waals surface area contributed by atoms with E-state index in [2.05, 4.69) is 17.6 Å². The average Bonchev–Trinajstić information content (AvgIpc) is 2.29. The third-order valence-electron chi connectivity index (χ3n) is 2.42. The molecule has 0 aromatic carbocycles. The number of hydrogen-bond acceptors (Lipinski definition) is 2. The Labute approximate surface area is 103 Å². The zero-order chi connectivity index (χ0) is 12.9. The topological polar surface area (TPSA) is 78.4 Å². The van der Waals surface area contributed by atoms with E-state index in [1.54, 1.807) is 0 Å². The molecule has 3 N–H and O–H groups in total. The first-order valence-electron chi connectivity index (χ1n) is 6.40. The number of unbranched alkanes of at least 4 members (excludes halogenated alkanes) is 4. The number of urea groups is 1. The number of hydrogen-bond donors (Lipinski definition) is 3. The largest absolute Gasteiger partial charge is 0.481 e. The van der Waals surface area contributed by atoms with Gasteiger partial charge in [-0.25, -0.2) is 4.79 Å². The highest BCUT2D eigenvalue weighted by Crippen LogP contribution is 1.98. The van der Waals surface area contributed by atoms with Crippen LogP contribution in [0.25, 0.3) is 0 Å². The number of carboxylic acids is 1. The van der Waals surface area contributed by atoms with Crippen molar-refractivity contribution in [3.63, 3.8) is 0 Å². The fourth-order valence-electron chi connectivity index (χ4n) is 1.42. The summed E-state index contributed by atoms with van der Waals surface area (Å²) in [5.41, 5.74) is 0. The molecule has 2 amide bonds. The van der Waals surface area contributed by atoms with Gasteiger partial charge in [0.25, 0.3) is 0 Å². The first-order valence-corrected chi connectivity index (χ1v) is 6.40. The summed E-state index contributed by atoms with van der Waals surface area (Å²) < 4.78 is 0. The number of nitrogens with one attached hydrogen (secondary N) is 2. The Morgan fingerprint density at radius 3 is 2.06 bits per heavy atom. The Hall–Kier alpha value is -1.26. The summed E-state index contributed by atoms with van der Waals surface area (Å²) in [7, 11) is 0. The molecule has 0 radical (unpaired) electrons. The molecule has 0 bridgehead atoms. The summed E-state index contributed by atoms with van der Waals surface area (Å²) >= 11 is 0. The molecule has 0 saturated heterocycles. The van der Waals surface area contributed by atoms with Crippen LogP contribution in [0.15, 0.2) is 0 Å². The Morgan fingerprint density at radius 2 is 1.53 bits per heavy atom. The molecule has 0 aliphatic heterocycles. The molecule has 0 aliphatic carbocycles. The predicted octanol–water partition coefficient (Wildman–Crippen LogP) is 2.12. The summed E-state index contributed by atoms with van der Waals surface area (Å²) in [5.74, 6) is -0.758. The van der Waals surface area contributed by atoms with E-state index in [-0.39, 0.29) is 12.5 Å². The molecule has 100 valence electrons. The minimum atomic E-state index is -0.758. The Morgan fingerprint density at radius 1 is 0.941 bits per heavy atom. The number of rotatable bonds is 10. The van der Waals surface area contributed by atoms with Crippen LogP contribution in [0.2, 0.25) is 0 Å². The Bertz CT molecular complexity index is 220. The van der Waals surface area contributed by atoms with Gasteiger partial charge in [-0.15, -0.1) is 0 Å². The van der Waals surface area contributed by atoms with E-state index in [4.69, 9.17) is 5.11 Å². The van der Waals surface area contributed by atoms with E-state index >= 15 is 0 Å². The number of aliphatic carboxylic acids is 1. The van der Waals surface area contributed by atoms with Crippen LogP contribution >= 0.6 is 0 Å². The van der Waals surface area contributed by atoms with E-state index in [0.717, 1.165) is 38.6 Å². The first-order chi connectivity index (χ1) is 8.16. The third kappa shape index (κ3) is 12.7. The Balaban J connectivity index is 3.19. The van der Waals surface area contributed by atoms with Crippen LogP contribution in [0.5, 0.6) is 0 Å². The molecule has 0 unspecified atom stereocenters. The van der Waals surface area contributed by atoms with Crippen LogP contribution in [0.3, 0.4) is 0 Å². The fourth-order valence-corrected chi connectivity index (χ4v) is 1.42. The number of carbonyl (C=O) groups excluding carboxylic acids is 1. The molecule has 0 aliphatic rings. The average molecular weight is 244 g/mol. The highest BCUT2D eigenvalue weighted by Gasteiger charge is 1.99. The lowest BCUT2D eigenvalue weighted by Gasteiger charge is -2.06. The highest BCUT2D eigenvalue weighted by molar-refractivity contribution is 5.73. The normalized spacial score (nSPS) is 9.94. The quantitative estimate of drug-likeness (QED) is 0.515. The van der Waals surface area contributed by atoms with Gasteiger partial charge in [0.15, 0.2) is 0 Å². The van der Waals surface area contributed by atoms with Crippen LogP contribution in [-0.4, -0.2) is 30.2 Å². The lowest BCUT2D eigenvalue weighted by molar-refractivity contribution is -0.137. The lowest BCUT2D eigenvalue weighted by Crippen LogP contribution is -2.36. The predicted molar refractivity (Wildman–Crippen MR) is 67.0 cm³/mol. The van der Waals surface area contributed by atoms with E-state index in [1.165, 1.54) is 0 Å². The molecule has 0 rings (SSSR count). The van der Waals surface area contributed by atoms with Crippen LogP contribution in [0, 0.1) is 0 Å².